The first-order chi connectivity index (χ1) is 10.2. The van der Waals surface area contributed by atoms with Crippen molar-refractivity contribution >= 4 is 0 Å². The zero-order valence-electron chi connectivity index (χ0n) is 13.4. The van der Waals surface area contributed by atoms with Crippen molar-refractivity contribution in [2.45, 2.75) is 65.1 Å². The zero-order valence-corrected chi connectivity index (χ0v) is 13.4. The second kappa shape index (κ2) is 7.41. The van der Waals surface area contributed by atoms with Crippen LogP contribution in [0.25, 0.3) is 0 Å². The van der Waals surface area contributed by atoms with Crippen LogP contribution >= 0.6 is 0 Å². The standard InChI is InChI=1S/C16H27N5/c1-4-14(17)9-13-10-18-20(11-13)12-15-7-8-21(19-15)16(5-2)6-3/h7-8,10-11,14,16H,4-6,9,12,17H2,1-3H3. The lowest BCUT2D eigenvalue weighted by Crippen LogP contribution is -2.21. The van der Waals surface area contributed by atoms with E-state index in [2.05, 4.69) is 54.1 Å². The maximum absolute atomic E-state index is 5.98. The molecule has 1 atom stereocenters. The van der Waals surface area contributed by atoms with E-state index in [-0.39, 0.29) is 6.04 Å². The molecule has 0 radical (unpaired) electrons. The van der Waals surface area contributed by atoms with Gasteiger partial charge in [0, 0.05) is 18.4 Å². The summed E-state index contributed by atoms with van der Waals surface area (Å²) < 4.78 is 4.02. The highest BCUT2D eigenvalue weighted by Crippen LogP contribution is 2.15. The number of aromatic nitrogens is 4. The third kappa shape index (κ3) is 4.17. The van der Waals surface area contributed by atoms with Gasteiger partial charge in [-0.25, -0.2) is 0 Å². The molecule has 0 spiro atoms. The molecule has 5 heteroatoms. The Kier molecular flexibility index (Phi) is 5.56. The SMILES string of the molecule is CCC(N)Cc1cnn(Cc2ccn(C(CC)CC)n2)c1. The summed E-state index contributed by atoms with van der Waals surface area (Å²) in [6, 6.07) is 2.79. The fraction of sp³-hybridized carbons (Fsp3) is 0.625. The molecule has 0 amide bonds. The van der Waals surface area contributed by atoms with Crippen LogP contribution in [0.4, 0.5) is 0 Å². The Labute approximate surface area is 127 Å². The van der Waals surface area contributed by atoms with E-state index in [9.17, 15) is 0 Å². The van der Waals surface area contributed by atoms with Gasteiger partial charge in [0.05, 0.1) is 24.5 Å². The molecular weight excluding hydrogens is 262 g/mol. The topological polar surface area (TPSA) is 61.7 Å². The molecule has 2 rings (SSSR count). The molecule has 0 fully saturated rings. The minimum absolute atomic E-state index is 0.219. The first-order valence-electron chi connectivity index (χ1n) is 7.97. The Morgan fingerprint density at radius 1 is 1.19 bits per heavy atom. The molecule has 0 saturated heterocycles. The summed E-state index contributed by atoms with van der Waals surface area (Å²) in [7, 11) is 0. The second-order valence-corrected chi connectivity index (χ2v) is 5.68. The van der Waals surface area contributed by atoms with Gasteiger partial charge in [-0.1, -0.05) is 20.8 Å². The van der Waals surface area contributed by atoms with Crippen molar-refractivity contribution in [3.05, 3.63) is 35.9 Å². The van der Waals surface area contributed by atoms with E-state index in [0.717, 1.165) is 31.4 Å². The summed E-state index contributed by atoms with van der Waals surface area (Å²) in [6.45, 7) is 7.23. The molecule has 5 nitrogen and oxygen atoms in total. The molecule has 116 valence electrons. The Hall–Kier alpha value is -1.62. The van der Waals surface area contributed by atoms with Gasteiger partial charge in [0.15, 0.2) is 0 Å². The number of nitrogens with two attached hydrogens (primary N) is 1. The van der Waals surface area contributed by atoms with E-state index in [1.165, 1.54) is 5.56 Å². The Balaban J connectivity index is 1.99. The summed E-state index contributed by atoms with van der Waals surface area (Å²) >= 11 is 0. The van der Waals surface area contributed by atoms with E-state index < -0.39 is 0 Å². The molecule has 21 heavy (non-hydrogen) atoms. The fourth-order valence-electron chi connectivity index (χ4n) is 2.54. The Bertz CT molecular complexity index is 538. The van der Waals surface area contributed by atoms with Crippen molar-refractivity contribution in [2.75, 3.05) is 0 Å². The van der Waals surface area contributed by atoms with Gasteiger partial charge in [-0.2, -0.15) is 10.2 Å². The van der Waals surface area contributed by atoms with Gasteiger partial charge in [-0.3, -0.25) is 9.36 Å². The van der Waals surface area contributed by atoms with Gasteiger partial charge in [-0.05, 0) is 37.3 Å². The van der Waals surface area contributed by atoms with Crippen molar-refractivity contribution < 1.29 is 0 Å². The highest BCUT2D eigenvalue weighted by atomic mass is 15.3. The molecule has 2 aromatic rings. The molecule has 0 aliphatic heterocycles. The van der Waals surface area contributed by atoms with Crippen molar-refractivity contribution in [3.63, 3.8) is 0 Å². The van der Waals surface area contributed by atoms with E-state index in [1.54, 1.807) is 0 Å². The van der Waals surface area contributed by atoms with Crippen LogP contribution in [0.3, 0.4) is 0 Å². The molecule has 2 heterocycles. The smallest absolute Gasteiger partial charge is 0.0849 e. The van der Waals surface area contributed by atoms with Crippen LogP contribution in [0.2, 0.25) is 0 Å². The summed E-state index contributed by atoms with van der Waals surface area (Å²) in [5.74, 6) is 0. The maximum Gasteiger partial charge on any atom is 0.0849 e. The third-order valence-electron chi connectivity index (χ3n) is 4.01. The minimum Gasteiger partial charge on any atom is -0.327 e. The van der Waals surface area contributed by atoms with E-state index in [4.69, 9.17) is 5.73 Å². The third-order valence-corrected chi connectivity index (χ3v) is 4.01. The summed E-state index contributed by atoms with van der Waals surface area (Å²) in [4.78, 5) is 0. The first kappa shape index (κ1) is 15.8. The lowest BCUT2D eigenvalue weighted by molar-refractivity contribution is 0.424. The molecule has 0 aromatic carbocycles. The second-order valence-electron chi connectivity index (χ2n) is 5.68. The van der Waals surface area contributed by atoms with Gasteiger partial charge in [0.1, 0.15) is 0 Å². The number of hydrogen-bond donors (Lipinski definition) is 1. The van der Waals surface area contributed by atoms with Gasteiger partial charge < -0.3 is 5.73 Å². The van der Waals surface area contributed by atoms with Crippen LogP contribution < -0.4 is 5.73 Å². The molecule has 0 aliphatic carbocycles. The average Bonchev–Trinajstić information content (AvgIpc) is 3.11. The molecule has 2 N–H and O–H groups in total. The fourth-order valence-corrected chi connectivity index (χ4v) is 2.54. The molecule has 0 aliphatic rings. The molecule has 1 unspecified atom stereocenters. The number of hydrogen-bond acceptors (Lipinski definition) is 3. The minimum atomic E-state index is 0.219. The average molecular weight is 289 g/mol. The number of rotatable bonds is 8. The van der Waals surface area contributed by atoms with Crippen molar-refractivity contribution in [1.82, 2.24) is 19.6 Å². The summed E-state index contributed by atoms with van der Waals surface area (Å²) in [5.41, 5.74) is 8.23. The van der Waals surface area contributed by atoms with Crippen molar-refractivity contribution in [1.29, 1.82) is 0 Å². The lowest BCUT2D eigenvalue weighted by Gasteiger charge is -2.12. The van der Waals surface area contributed by atoms with Crippen LogP contribution in [0.5, 0.6) is 0 Å². The molecular formula is C16H27N5. The highest BCUT2D eigenvalue weighted by Gasteiger charge is 2.09. The van der Waals surface area contributed by atoms with Gasteiger partial charge in [-0.15, -0.1) is 0 Å². The van der Waals surface area contributed by atoms with Crippen molar-refractivity contribution in [3.8, 4) is 0 Å². The summed E-state index contributed by atoms with van der Waals surface area (Å²) in [6.07, 6.45) is 10.2. The van der Waals surface area contributed by atoms with Gasteiger partial charge in [0.25, 0.3) is 0 Å². The highest BCUT2D eigenvalue weighted by molar-refractivity contribution is 5.08. The predicted molar refractivity (Wildman–Crippen MR) is 85.1 cm³/mol. The largest absolute Gasteiger partial charge is 0.327 e. The van der Waals surface area contributed by atoms with Gasteiger partial charge >= 0.3 is 0 Å². The van der Waals surface area contributed by atoms with Crippen LogP contribution in [0, 0.1) is 0 Å². The lowest BCUT2D eigenvalue weighted by atomic mass is 10.1. The van der Waals surface area contributed by atoms with Gasteiger partial charge in [0.2, 0.25) is 0 Å². The zero-order chi connectivity index (χ0) is 15.2. The van der Waals surface area contributed by atoms with Crippen molar-refractivity contribution in [2.24, 2.45) is 5.73 Å². The van der Waals surface area contributed by atoms with Crippen LogP contribution in [-0.2, 0) is 13.0 Å². The van der Waals surface area contributed by atoms with Crippen LogP contribution in [-0.4, -0.2) is 25.6 Å². The summed E-state index contributed by atoms with van der Waals surface area (Å²) in [5, 5.41) is 9.07. The van der Waals surface area contributed by atoms with Crippen LogP contribution in [0.15, 0.2) is 24.7 Å². The predicted octanol–water partition coefficient (Wildman–Crippen LogP) is 2.77. The van der Waals surface area contributed by atoms with Crippen LogP contribution in [0.1, 0.15) is 57.3 Å². The number of nitrogens with zero attached hydrogens (tertiary/aromatic N) is 4. The molecule has 2 aromatic heterocycles. The Morgan fingerprint density at radius 3 is 2.62 bits per heavy atom. The molecule has 0 saturated carbocycles. The van der Waals surface area contributed by atoms with E-state index in [0.29, 0.717) is 12.6 Å². The monoisotopic (exact) mass is 289 g/mol. The Morgan fingerprint density at radius 2 is 1.95 bits per heavy atom. The molecule has 0 bridgehead atoms. The maximum atomic E-state index is 5.98. The van der Waals surface area contributed by atoms with E-state index >= 15 is 0 Å². The normalized spacial score (nSPS) is 13.0. The van der Waals surface area contributed by atoms with E-state index in [1.807, 2.05) is 10.9 Å². The first-order valence-corrected chi connectivity index (χ1v) is 7.97. The quantitative estimate of drug-likeness (QED) is 0.813.